The van der Waals surface area contributed by atoms with Crippen LogP contribution in [0, 0.1) is 0 Å². The Morgan fingerprint density at radius 3 is 2.62 bits per heavy atom. The van der Waals surface area contributed by atoms with Crippen molar-refractivity contribution in [3.05, 3.63) is 65.2 Å². The molecule has 24 heavy (non-hydrogen) atoms. The minimum Gasteiger partial charge on any atom is -0.326 e. The Morgan fingerprint density at radius 2 is 1.92 bits per heavy atom. The standard InChI is InChI=1S/C19H23N3O.ClH/c1-13(23)22-17-9-5-8-16-15(17)10-11-18(19(16)20)21-12-14-6-3-2-4-7-14;/h2-9,18-19,21H,10-12,20H2,1H3,(H,22,23);1H. The van der Waals surface area contributed by atoms with Crippen LogP contribution in [0.15, 0.2) is 48.5 Å². The average Bonchev–Trinajstić information content (AvgIpc) is 2.55. The van der Waals surface area contributed by atoms with Gasteiger partial charge in [-0.05, 0) is 35.6 Å². The molecule has 1 aliphatic carbocycles. The summed E-state index contributed by atoms with van der Waals surface area (Å²) in [5.74, 6) is -0.0451. The number of benzene rings is 2. The summed E-state index contributed by atoms with van der Waals surface area (Å²) < 4.78 is 0. The Bertz CT molecular complexity index is 690. The van der Waals surface area contributed by atoms with E-state index >= 15 is 0 Å². The zero-order valence-corrected chi connectivity index (χ0v) is 14.6. The van der Waals surface area contributed by atoms with Crippen molar-refractivity contribution >= 4 is 24.0 Å². The van der Waals surface area contributed by atoms with E-state index in [1.165, 1.54) is 18.1 Å². The van der Waals surface area contributed by atoms with Crippen molar-refractivity contribution in [3.63, 3.8) is 0 Å². The summed E-state index contributed by atoms with van der Waals surface area (Å²) in [6.07, 6.45) is 1.89. The van der Waals surface area contributed by atoms with Crippen LogP contribution in [0.25, 0.3) is 0 Å². The van der Waals surface area contributed by atoms with E-state index in [9.17, 15) is 4.79 Å². The van der Waals surface area contributed by atoms with Crippen LogP contribution in [-0.4, -0.2) is 11.9 Å². The summed E-state index contributed by atoms with van der Waals surface area (Å²) in [4.78, 5) is 11.3. The Hall–Kier alpha value is -1.88. The topological polar surface area (TPSA) is 67.2 Å². The lowest BCUT2D eigenvalue weighted by molar-refractivity contribution is -0.114. The van der Waals surface area contributed by atoms with E-state index in [2.05, 4.69) is 28.8 Å². The maximum absolute atomic E-state index is 11.3. The minimum atomic E-state index is -0.0591. The highest BCUT2D eigenvalue weighted by molar-refractivity contribution is 5.89. The molecule has 4 N–H and O–H groups in total. The third-order valence-corrected chi connectivity index (χ3v) is 4.43. The predicted molar refractivity (Wildman–Crippen MR) is 100 cm³/mol. The first kappa shape index (κ1) is 18.5. The highest BCUT2D eigenvalue weighted by Crippen LogP contribution is 2.33. The van der Waals surface area contributed by atoms with Gasteiger partial charge >= 0.3 is 0 Å². The lowest BCUT2D eigenvalue weighted by Crippen LogP contribution is -2.42. The Kier molecular flexibility index (Phi) is 6.37. The molecule has 0 fully saturated rings. The summed E-state index contributed by atoms with van der Waals surface area (Å²) >= 11 is 0. The number of fused-ring (bicyclic) bond motifs is 1. The molecule has 2 atom stereocenters. The molecule has 2 aromatic carbocycles. The first-order chi connectivity index (χ1) is 11.1. The molecular formula is C19H24ClN3O. The summed E-state index contributed by atoms with van der Waals surface area (Å²) in [7, 11) is 0. The largest absolute Gasteiger partial charge is 0.326 e. The van der Waals surface area contributed by atoms with Crippen LogP contribution in [0.5, 0.6) is 0 Å². The van der Waals surface area contributed by atoms with Crippen LogP contribution in [0.3, 0.4) is 0 Å². The van der Waals surface area contributed by atoms with Gasteiger partial charge in [0.25, 0.3) is 0 Å². The van der Waals surface area contributed by atoms with Gasteiger partial charge in [-0.15, -0.1) is 12.4 Å². The lowest BCUT2D eigenvalue weighted by Gasteiger charge is -2.33. The van der Waals surface area contributed by atoms with Crippen LogP contribution >= 0.6 is 12.4 Å². The molecule has 0 spiro atoms. The van der Waals surface area contributed by atoms with Crippen LogP contribution in [0.2, 0.25) is 0 Å². The first-order valence-corrected chi connectivity index (χ1v) is 8.07. The number of amides is 1. The van der Waals surface area contributed by atoms with Crippen LogP contribution < -0.4 is 16.4 Å². The molecule has 0 heterocycles. The summed E-state index contributed by atoms with van der Waals surface area (Å²) in [5.41, 5.74) is 10.9. The van der Waals surface area contributed by atoms with Crippen LogP contribution in [0.1, 0.15) is 36.1 Å². The molecule has 5 heteroatoms. The van der Waals surface area contributed by atoms with Gasteiger partial charge in [0.2, 0.25) is 5.91 Å². The van der Waals surface area contributed by atoms with E-state index in [1.54, 1.807) is 0 Å². The molecule has 4 nitrogen and oxygen atoms in total. The lowest BCUT2D eigenvalue weighted by atomic mass is 9.83. The number of carbonyl (C=O) groups is 1. The maximum atomic E-state index is 11.3. The van der Waals surface area contributed by atoms with Gasteiger partial charge in [0.05, 0.1) is 0 Å². The molecule has 0 aliphatic heterocycles. The zero-order chi connectivity index (χ0) is 16.2. The number of anilines is 1. The fourth-order valence-corrected chi connectivity index (χ4v) is 3.27. The molecule has 0 radical (unpaired) electrons. The molecule has 2 unspecified atom stereocenters. The van der Waals surface area contributed by atoms with Crippen molar-refractivity contribution in [2.45, 2.75) is 38.4 Å². The Balaban J connectivity index is 0.00000208. The summed E-state index contributed by atoms with van der Waals surface area (Å²) in [5, 5.41) is 6.49. The van der Waals surface area contributed by atoms with Crippen LogP contribution in [0.4, 0.5) is 5.69 Å². The summed E-state index contributed by atoms with van der Waals surface area (Å²) in [6.45, 7) is 2.35. The minimum absolute atomic E-state index is 0. The fraction of sp³-hybridized carbons (Fsp3) is 0.316. The van der Waals surface area contributed by atoms with Gasteiger partial charge in [0, 0.05) is 31.2 Å². The van der Waals surface area contributed by atoms with Crippen molar-refractivity contribution in [2.75, 3.05) is 5.32 Å². The molecule has 0 aromatic heterocycles. The van der Waals surface area contributed by atoms with E-state index in [0.29, 0.717) is 0 Å². The van der Waals surface area contributed by atoms with Gasteiger partial charge in [0.1, 0.15) is 0 Å². The monoisotopic (exact) mass is 345 g/mol. The number of hydrogen-bond acceptors (Lipinski definition) is 3. The Labute approximate surface area is 149 Å². The van der Waals surface area contributed by atoms with E-state index in [0.717, 1.165) is 30.6 Å². The second kappa shape index (κ2) is 8.29. The van der Waals surface area contributed by atoms with Gasteiger partial charge in [-0.25, -0.2) is 0 Å². The third kappa shape index (κ3) is 4.15. The zero-order valence-electron chi connectivity index (χ0n) is 13.8. The molecule has 0 bridgehead atoms. The maximum Gasteiger partial charge on any atom is 0.221 e. The normalized spacial score (nSPS) is 19.1. The van der Waals surface area contributed by atoms with Crippen molar-refractivity contribution < 1.29 is 4.79 Å². The van der Waals surface area contributed by atoms with Gasteiger partial charge in [0.15, 0.2) is 0 Å². The summed E-state index contributed by atoms with van der Waals surface area (Å²) in [6, 6.07) is 16.5. The molecule has 3 rings (SSSR count). The van der Waals surface area contributed by atoms with Crippen molar-refractivity contribution in [1.29, 1.82) is 0 Å². The van der Waals surface area contributed by atoms with Crippen molar-refractivity contribution in [1.82, 2.24) is 5.32 Å². The highest BCUT2D eigenvalue weighted by Gasteiger charge is 2.27. The smallest absolute Gasteiger partial charge is 0.221 e. The molecule has 1 aliphatic rings. The fourth-order valence-electron chi connectivity index (χ4n) is 3.27. The number of nitrogens with two attached hydrogens (primary N) is 1. The van der Waals surface area contributed by atoms with Gasteiger partial charge in [-0.3, -0.25) is 4.79 Å². The molecular weight excluding hydrogens is 322 g/mol. The van der Waals surface area contributed by atoms with E-state index < -0.39 is 0 Å². The number of halogens is 1. The average molecular weight is 346 g/mol. The molecule has 0 saturated heterocycles. The third-order valence-electron chi connectivity index (χ3n) is 4.43. The first-order valence-electron chi connectivity index (χ1n) is 8.07. The second-order valence-corrected chi connectivity index (χ2v) is 6.09. The van der Waals surface area contributed by atoms with E-state index in [-0.39, 0.29) is 30.4 Å². The van der Waals surface area contributed by atoms with Crippen molar-refractivity contribution in [3.8, 4) is 0 Å². The molecule has 2 aromatic rings. The van der Waals surface area contributed by atoms with Gasteiger partial charge in [-0.2, -0.15) is 0 Å². The molecule has 128 valence electrons. The number of hydrogen-bond donors (Lipinski definition) is 3. The van der Waals surface area contributed by atoms with Gasteiger partial charge < -0.3 is 16.4 Å². The number of carbonyl (C=O) groups excluding carboxylic acids is 1. The predicted octanol–water partition coefficient (Wildman–Crippen LogP) is 3.17. The van der Waals surface area contributed by atoms with E-state index in [1.807, 2.05) is 30.3 Å². The molecule has 0 saturated carbocycles. The second-order valence-electron chi connectivity index (χ2n) is 6.09. The highest BCUT2D eigenvalue weighted by atomic mass is 35.5. The van der Waals surface area contributed by atoms with E-state index in [4.69, 9.17) is 5.73 Å². The molecule has 1 amide bonds. The van der Waals surface area contributed by atoms with Crippen LogP contribution in [-0.2, 0) is 17.8 Å². The van der Waals surface area contributed by atoms with Crippen molar-refractivity contribution in [2.24, 2.45) is 5.73 Å². The quantitative estimate of drug-likeness (QED) is 0.797. The SMILES string of the molecule is CC(=O)Nc1cccc2c1CCC(NCc1ccccc1)C2N.Cl. The number of nitrogens with one attached hydrogen (secondary N) is 2. The number of rotatable bonds is 4. The van der Waals surface area contributed by atoms with Gasteiger partial charge in [-0.1, -0.05) is 42.5 Å². The Morgan fingerprint density at radius 1 is 1.17 bits per heavy atom.